The number of aryl methyl sites for hydroxylation is 1. The summed E-state index contributed by atoms with van der Waals surface area (Å²) in [5.74, 6) is 0.922. The van der Waals surface area contributed by atoms with Crippen molar-refractivity contribution in [1.29, 1.82) is 0 Å². The zero-order chi connectivity index (χ0) is 17.2. The number of nitrogens with zero attached hydrogens (tertiary/aromatic N) is 1. The second-order valence-corrected chi connectivity index (χ2v) is 9.06. The Bertz CT molecular complexity index is 731. The third-order valence-electron chi connectivity index (χ3n) is 4.98. The molecule has 2 bridgehead atoms. The van der Waals surface area contributed by atoms with Crippen LogP contribution in [0, 0.1) is 6.92 Å². The Hall–Kier alpha value is -1.37. The number of carbonyl (C=O) groups excluding carboxylic acids is 1. The number of hydrogen-bond acceptors (Lipinski definition) is 5. The number of carbonyl (C=O) groups is 1. The second kappa shape index (κ2) is 7.48. The van der Waals surface area contributed by atoms with Gasteiger partial charge in [-0.25, -0.2) is 4.98 Å². The molecule has 1 aromatic carbocycles. The fourth-order valence-corrected chi connectivity index (χ4v) is 5.29. The number of benzene rings is 1. The highest BCUT2D eigenvalue weighted by Crippen LogP contribution is 2.27. The lowest BCUT2D eigenvalue weighted by atomic mass is 9.99. The van der Waals surface area contributed by atoms with Crippen LogP contribution in [0.15, 0.2) is 34.5 Å². The maximum atomic E-state index is 12.5. The Kier molecular flexibility index (Phi) is 5.10. The summed E-state index contributed by atoms with van der Waals surface area (Å²) in [7, 11) is 0. The summed E-state index contributed by atoms with van der Waals surface area (Å²) >= 11 is 3.44. The van der Waals surface area contributed by atoms with Gasteiger partial charge in [-0.1, -0.05) is 0 Å². The molecule has 0 spiro atoms. The van der Waals surface area contributed by atoms with Crippen molar-refractivity contribution in [2.24, 2.45) is 0 Å². The van der Waals surface area contributed by atoms with Crippen molar-refractivity contribution < 1.29 is 4.79 Å². The van der Waals surface area contributed by atoms with E-state index in [1.54, 1.807) is 23.1 Å². The molecule has 4 nitrogen and oxygen atoms in total. The fourth-order valence-electron chi connectivity index (χ4n) is 3.78. The molecule has 2 atom stereocenters. The van der Waals surface area contributed by atoms with E-state index in [2.05, 4.69) is 21.0 Å². The molecule has 1 aromatic heterocycles. The van der Waals surface area contributed by atoms with Gasteiger partial charge in [0.25, 0.3) is 5.91 Å². The Morgan fingerprint density at radius 2 is 2.00 bits per heavy atom. The summed E-state index contributed by atoms with van der Waals surface area (Å²) < 4.78 is 0. The van der Waals surface area contributed by atoms with Crippen LogP contribution in [0.3, 0.4) is 0 Å². The van der Waals surface area contributed by atoms with Crippen molar-refractivity contribution in [3.05, 3.63) is 45.9 Å². The number of thiazole rings is 1. The molecule has 0 saturated carbocycles. The summed E-state index contributed by atoms with van der Waals surface area (Å²) in [6.07, 6.45) is 4.62. The minimum atomic E-state index is 0.0537. The van der Waals surface area contributed by atoms with E-state index in [0.29, 0.717) is 18.1 Å². The molecule has 0 aliphatic carbocycles. The number of thioether (sulfide) groups is 1. The number of amides is 1. The molecule has 2 fully saturated rings. The maximum absolute atomic E-state index is 12.5. The van der Waals surface area contributed by atoms with E-state index < -0.39 is 0 Å². The molecule has 25 heavy (non-hydrogen) atoms. The minimum absolute atomic E-state index is 0.0537. The molecule has 6 heteroatoms. The van der Waals surface area contributed by atoms with E-state index in [1.807, 2.05) is 31.2 Å². The van der Waals surface area contributed by atoms with Gasteiger partial charge >= 0.3 is 0 Å². The van der Waals surface area contributed by atoms with E-state index in [4.69, 9.17) is 0 Å². The van der Waals surface area contributed by atoms with Gasteiger partial charge in [0, 0.05) is 39.7 Å². The van der Waals surface area contributed by atoms with Gasteiger partial charge in [-0.15, -0.1) is 23.1 Å². The molecule has 2 saturated heterocycles. The summed E-state index contributed by atoms with van der Waals surface area (Å²) in [5, 5.41) is 10.0. The van der Waals surface area contributed by atoms with E-state index >= 15 is 0 Å². The number of hydrogen-bond donors (Lipinski definition) is 2. The number of rotatable bonds is 5. The van der Waals surface area contributed by atoms with Crippen molar-refractivity contribution in [1.82, 2.24) is 15.6 Å². The predicted molar refractivity (Wildman–Crippen MR) is 103 cm³/mol. The van der Waals surface area contributed by atoms with E-state index in [1.165, 1.54) is 17.7 Å². The SMILES string of the molecule is Cc1nc(CSc2ccc(C(=O)NC3CC4CCC(C3)N4)cc2)cs1. The Morgan fingerprint density at radius 3 is 2.64 bits per heavy atom. The molecule has 0 radical (unpaired) electrons. The summed E-state index contributed by atoms with van der Waals surface area (Å²) in [6, 6.07) is 9.43. The normalized spacial score (nSPS) is 25.1. The maximum Gasteiger partial charge on any atom is 0.251 e. The van der Waals surface area contributed by atoms with Gasteiger partial charge in [-0.2, -0.15) is 0 Å². The lowest BCUT2D eigenvalue weighted by Gasteiger charge is -2.29. The number of nitrogens with one attached hydrogen (secondary N) is 2. The highest BCUT2D eigenvalue weighted by atomic mass is 32.2. The van der Waals surface area contributed by atoms with E-state index in [9.17, 15) is 4.79 Å². The zero-order valence-corrected chi connectivity index (χ0v) is 16.0. The Balaban J connectivity index is 1.31. The smallest absolute Gasteiger partial charge is 0.251 e. The zero-order valence-electron chi connectivity index (χ0n) is 14.3. The van der Waals surface area contributed by atoms with E-state index in [0.717, 1.165) is 34.9 Å². The first-order valence-electron chi connectivity index (χ1n) is 8.86. The summed E-state index contributed by atoms with van der Waals surface area (Å²) in [4.78, 5) is 18.1. The molecule has 2 N–H and O–H groups in total. The molecule has 132 valence electrons. The molecular formula is C19H23N3OS2. The number of fused-ring (bicyclic) bond motifs is 2. The standard InChI is InChI=1S/C19H23N3OS2/c1-12-20-17(10-24-12)11-25-18-6-2-13(3-7-18)19(23)22-16-8-14-4-5-15(9-16)21-14/h2-3,6-7,10,14-16,21H,4-5,8-9,11H2,1H3,(H,22,23). The van der Waals surface area contributed by atoms with Crippen molar-refractivity contribution >= 4 is 29.0 Å². The van der Waals surface area contributed by atoms with Crippen LogP contribution in [-0.2, 0) is 5.75 Å². The minimum Gasteiger partial charge on any atom is -0.349 e. The highest BCUT2D eigenvalue weighted by molar-refractivity contribution is 7.98. The topological polar surface area (TPSA) is 54.0 Å². The molecule has 2 aliphatic rings. The van der Waals surface area contributed by atoms with E-state index in [-0.39, 0.29) is 5.91 Å². The molecular weight excluding hydrogens is 350 g/mol. The van der Waals surface area contributed by atoms with Crippen LogP contribution in [0.1, 0.15) is 46.7 Å². The van der Waals surface area contributed by atoms with Gasteiger partial charge < -0.3 is 10.6 Å². The molecule has 1 amide bonds. The molecule has 3 heterocycles. The van der Waals surface area contributed by atoms with Crippen LogP contribution >= 0.6 is 23.1 Å². The highest BCUT2D eigenvalue weighted by Gasteiger charge is 2.34. The van der Waals surface area contributed by atoms with Crippen LogP contribution in [-0.4, -0.2) is 29.0 Å². The largest absolute Gasteiger partial charge is 0.349 e. The Labute approximate surface area is 156 Å². The van der Waals surface area contributed by atoms with Crippen LogP contribution in [0.5, 0.6) is 0 Å². The first-order valence-corrected chi connectivity index (χ1v) is 10.7. The van der Waals surface area contributed by atoms with Gasteiger partial charge in [0.2, 0.25) is 0 Å². The molecule has 4 rings (SSSR count). The van der Waals surface area contributed by atoms with Crippen LogP contribution in [0.2, 0.25) is 0 Å². The first-order chi connectivity index (χ1) is 12.2. The van der Waals surface area contributed by atoms with Crippen LogP contribution < -0.4 is 10.6 Å². The van der Waals surface area contributed by atoms with Crippen molar-refractivity contribution in [3.8, 4) is 0 Å². The monoisotopic (exact) mass is 373 g/mol. The molecule has 2 unspecified atom stereocenters. The molecule has 2 aliphatic heterocycles. The van der Waals surface area contributed by atoms with Gasteiger partial charge in [0.1, 0.15) is 0 Å². The average molecular weight is 374 g/mol. The fraction of sp³-hybridized carbons (Fsp3) is 0.474. The van der Waals surface area contributed by atoms with Crippen molar-refractivity contribution in [3.63, 3.8) is 0 Å². The third-order valence-corrected chi connectivity index (χ3v) is 6.85. The lowest BCUT2D eigenvalue weighted by Crippen LogP contribution is -2.48. The first kappa shape index (κ1) is 17.1. The average Bonchev–Trinajstić information content (AvgIpc) is 3.18. The van der Waals surface area contributed by atoms with Crippen LogP contribution in [0.25, 0.3) is 0 Å². The second-order valence-electron chi connectivity index (χ2n) is 6.95. The molecule has 2 aromatic rings. The quantitative estimate of drug-likeness (QED) is 0.784. The third kappa shape index (κ3) is 4.25. The van der Waals surface area contributed by atoms with Gasteiger partial charge in [0.05, 0.1) is 10.7 Å². The van der Waals surface area contributed by atoms with Gasteiger partial charge in [-0.05, 0) is 56.9 Å². The van der Waals surface area contributed by atoms with Gasteiger partial charge in [-0.3, -0.25) is 4.79 Å². The predicted octanol–water partition coefficient (Wildman–Crippen LogP) is 3.76. The van der Waals surface area contributed by atoms with Crippen LogP contribution in [0.4, 0.5) is 0 Å². The number of aromatic nitrogens is 1. The van der Waals surface area contributed by atoms with Crippen molar-refractivity contribution in [2.75, 3.05) is 0 Å². The summed E-state index contributed by atoms with van der Waals surface area (Å²) in [5.41, 5.74) is 1.87. The van der Waals surface area contributed by atoms with Gasteiger partial charge in [0.15, 0.2) is 0 Å². The Morgan fingerprint density at radius 1 is 1.28 bits per heavy atom. The number of piperidine rings is 1. The summed E-state index contributed by atoms with van der Waals surface area (Å²) in [6.45, 7) is 2.03. The lowest BCUT2D eigenvalue weighted by molar-refractivity contribution is 0.0924. The van der Waals surface area contributed by atoms with Crippen molar-refractivity contribution in [2.45, 2.75) is 61.4 Å².